The van der Waals surface area contributed by atoms with Gasteiger partial charge in [0.05, 0.1) is 11.3 Å². The number of phenols is 1. The van der Waals surface area contributed by atoms with Gasteiger partial charge < -0.3 is 10.1 Å². The van der Waals surface area contributed by atoms with Crippen LogP contribution in [0.3, 0.4) is 0 Å². The van der Waals surface area contributed by atoms with E-state index < -0.39 is 17.6 Å². The Kier molecular flexibility index (Phi) is 3.55. The van der Waals surface area contributed by atoms with E-state index in [2.05, 4.69) is 9.97 Å². The Labute approximate surface area is 128 Å². The van der Waals surface area contributed by atoms with Gasteiger partial charge in [0.1, 0.15) is 17.4 Å². The topological polar surface area (TPSA) is 48.9 Å². The number of aromatic hydroxyl groups is 1. The molecule has 118 valence electrons. The lowest BCUT2D eigenvalue weighted by Gasteiger charge is -2.06. The molecule has 1 aromatic heterocycles. The number of phenolic OH excluding ortho intramolecular Hbond substituents is 1. The van der Waals surface area contributed by atoms with Crippen molar-refractivity contribution in [2.24, 2.45) is 0 Å². The van der Waals surface area contributed by atoms with Crippen LogP contribution >= 0.6 is 0 Å². The van der Waals surface area contributed by atoms with Crippen LogP contribution in [0.5, 0.6) is 5.75 Å². The van der Waals surface area contributed by atoms with Crippen molar-refractivity contribution in [1.82, 2.24) is 9.97 Å². The normalized spacial score (nSPS) is 11.7. The first-order chi connectivity index (χ1) is 10.8. The third-order valence-corrected chi connectivity index (χ3v) is 3.30. The zero-order chi connectivity index (χ0) is 16.6. The van der Waals surface area contributed by atoms with E-state index in [-0.39, 0.29) is 17.0 Å². The number of rotatable bonds is 2. The summed E-state index contributed by atoms with van der Waals surface area (Å²) >= 11 is 0. The van der Waals surface area contributed by atoms with Gasteiger partial charge in [-0.25, -0.2) is 9.37 Å². The molecule has 0 aliphatic rings. The predicted octanol–water partition coefficient (Wildman–Crippen LogP) is 4.61. The van der Waals surface area contributed by atoms with Crippen molar-refractivity contribution in [3.63, 3.8) is 0 Å². The van der Waals surface area contributed by atoms with E-state index in [0.29, 0.717) is 11.4 Å². The van der Waals surface area contributed by atoms with E-state index in [1.165, 1.54) is 24.4 Å². The first-order valence-corrected chi connectivity index (χ1v) is 6.56. The number of hydrogen-bond acceptors (Lipinski definition) is 2. The van der Waals surface area contributed by atoms with Crippen molar-refractivity contribution in [3.8, 4) is 28.4 Å². The molecular formula is C16H10F4N2O. The van der Waals surface area contributed by atoms with Crippen molar-refractivity contribution in [2.75, 3.05) is 0 Å². The van der Waals surface area contributed by atoms with Crippen molar-refractivity contribution in [2.45, 2.75) is 6.18 Å². The molecule has 2 N–H and O–H groups in total. The molecule has 0 spiro atoms. The second kappa shape index (κ2) is 5.42. The minimum absolute atomic E-state index is 0.142. The van der Waals surface area contributed by atoms with Gasteiger partial charge in [-0.3, -0.25) is 0 Å². The molecule has 1 heterocycles. The Morgan fingerprint density at radius 3 is 2.35 bits per heavy atom. The average Bonchev–Trinajstić information content (AvgIpc) is 2.99. The first kappa shape index (κ1) is 15.1. The Bertz CT molecular complexity index is 838. The number of aromatic nitrogens is 2. The highest BCUT2D eigenvalue weighted by Crippen LogP contribution is 2.32. The maximum atomic E-state index is 13.3. The zero-order valence-electron chi connectivity index (χ0n) is 11.5. The van der Waals surface area contributed by atoms with Crippen LogP contribution in [0.25, 0.3) is 22.6 Å². The third-order valence-electron chi connectivity index (χ3n) is 3.30. The quantitative estimate of drug-likeness (QED) is 0.677. The molecule has 0 saturated carbocycles. The Hall–Kier alpha value is -2.83. The molecule has 0 aliphatic heterocycles. The van der Waals surface area contributed by atoms with Gasteiger partial charge in [-0.05, 0) is 30.3 Å². The van der Waals surface area contributed by atoms with Gasteiger partial charge in [0.15, 0.2) is 0 Å². The maximum Gasteiger partial charge on any atom is 0.416 e. The fraction of sp³-hybridized carbons (Fsp3) is 0.0625. The molecule has 0 amide bonds. The van der Waals surface area contributed by atoms with E-state index in [1.807, 2.05) is 0 Å². The minimum Gasteiger partial charge on any atom is -0.507 e. The van der Waals surface area contributed by atoms with Crippen LogP contribution in [0.1, 0.15) is 5.56 Å². The molecule has 7 heteroatoms. The Morgan fingerprint density at radius 1 is 1.00 bits per heavy atom. The van der Waals surface area contributed by atoms with Crippen molar-refractivity contribution in [1.29, 1.82) is 0 Å². The smallest absolute Gasteiger partial charge is 0.416 e. The number of H-pyrrole nitrogens is 1. The van der Waals surface area contributed by atoms with E-state index in [0.717, 1.165) is 24.3 Å². The molecule has 3 rings (SSSR count). The summed E-state index contributed by atoms with van der Waals surface area (Å²) < 4.78 is 50.9. The average molecular weight is 322 g/mol. The summed E-state index contributed by atoms with van der Waals surface area (Å²) in [6.07, 6.45) is -2.96. The highest BCUT2D eigenvalue weighted by molar-refractivity contribution is 5.69. The molecule has 0 aliphatic carbocycles. The van der Waals surface area contributed by atoms with Crippen LogP contribution in [-0.2, 0) is 6.18 Å². The van der Waals surface area contributed by atoms with Crippen LogP contribution < -0.4 is 0 Å². The van der Waals surface area contributed by atoms with Crippen LogP contribution in [0, 0.1) is 5.82 Å². The van der Waals surface area contributed by atoms with E-state index in [1.54, 1.807) is 0 Å². The lowest BCUT2D eigenvalue weighted by Crippen LogP contribution is -2.04. The predicted molar refractivity (Wildman–Crippen MR) is 76.1 cm³/mol. The summed E-state index contributed by atoms with van der Waals surface area (Å²) in [5.41, 5.74) is 0.173. The summed E-state index contributed by atoms with van der Waals surface area (Å²) in [4.78, 5) is 6.98. The maximum absolute atomic E-state index is 13.3. The summed E-state index contributed by atoms with van der Waals surface area (Å²) in [5, 5.41) is 9.75. The number of alkyl halides is 3. The van der Waals surface area contributed by atoms with Gasteiger partial charge in [-0.15, -0.1) is 0 Å². The highest BCUT2D eigenvalue weighted by Gasteiger charge is 2.30. The fourth-order valence-corrected chi connectivity index (χ4v) is 2.14. The van der Waals surface area contributed by atoms with Crippen LogP contribution in [-0.4, -0.2) is 15.1 Å². The van der Waals surface area contributed by atoms with Gasteiger partial charge in [0.25, 0.3) is 0 Å². The van der Waals surface area contributed by atoms with E-state index in [4.69, 9.17) is 0 Å². The summed E-state index contributed by atoms with van der Waals surface area (Å²) in [5.74, 6) is -0.355. The monoisotopic (exact) mass is 322 g/mol. The zero-order valence-corrected chi connectivity index (χ0v) is 11.5. The fourth-order valence-electron chi connectivity index (χ4n) is 2.14. The van der Waals surface area contributed by atoms with Crippen LogP contribution in [0.2, 0.25) is 0 Å². The van der Waals surface area contributed by atoms with Crippen molar-refractivity contribution in [3.05, 3.63) is 60.0 Å². The second-order valence-corrected chi connectivity index (χ2v) is 4.87. The van der Waals surface area contributed by atoms with Crippen LogP contribution in [0.15, 0.2) is 48.7 Å². The number of aromatic amines is 1. The molecule has 0 fully saturated rings. The number of nitrogens with zero attached hydrogens (tertiary/aromatic N) is 1. The SMILES string of the molecule is Oc1ccc(F)cc1-c1c[nH]c(-c2ccc(C(F)(F)F)cc2)n1. The summed E-state index contributed by atoms with van der Waals surface area (Å²) in [7, 11) is 0. The molecule has 0 unspecified atom stereocenters. The third kappa shape index (κ3) is 3.03. The highest BCUT2D eigenvalue weighted by atomic mass is 19.4. The molecule has 3 aromatic rings. The molecular weight excluding hydrogens is 312 g/mol. The molecule has 2 aromatic carbocycles. The minimum atomic E-state index is -4.40. The number of hydrogen-bond donors (Lipinski definition) is 2. The van der Waals surface area contributed by atoms with Crippen LogP contribution in [0.4, 0.5) is 17.6 Å². The number of nitrogens with one attached hydrogen (secondary N) is 1. The lowest BCUT2D eigenvalue weighted by molar-refractivity contribution is -0.137. The molecule has 0 atom stereocenters. The largest absolute Gasteiger partial charge is 0.507 e. The number of benzene rings is 2. The van der Waals surface area contributed by atoms with Crippen molar-refractivity contribution < 1.29 is 22.7 Å². The second-order valence-electron chi connectivity index (χ2n) is 4.87. The van der Waals surface area contributed by atoms with Gasteiger partial charge in [-0.2, -0.15) is 13.2 Å². The molecule has 0 radical (unpaired) electrons. The van der Waals surface area contributed by atoms with Gasteiger partial charge in [0.2, 0.25) is 0 Å². The standard InChI is InChI=1S/C16H10F4N2O/c17-11-5-6-14(23)12(7-11)13-8-21-15(22-13)9-1-3-10(4-2-9)16(18,19)20/h1-8,23H,(H,21,22). The molecule has 0 bridgehead atoms. The molecule has 23 heavy (non-hydrogen) atoms. The summed E-state index contributed by atoms with van der Waals surface area (Å²) in [6, 6.07) is 7.93. The number of imidazole rings is 1. The van der Waals surface area contributed by atoms with Gasteiger partial charge in [0, 0.05) is 17.3 Å². The van der Waals surface area contributed by atoms with Gasteiger partial charge in [-0.1, -0.05) is 12.1 Å². The first-order valence-electron chi connectivity index (χ1n) is 6.56. The summed E-state index contributed by atoms with van der Waals surface area (Å²) in [6.45, 7) is 0. The number of halogens is 4. The van der Waals surface area contributed by atoms with E-state index >= 15 is 0 Å². The molecule has 3 nitrogen and oxygen atoms in total. The Morgan fingerprint density at radius 2 is 1.70 bits per heavy atom. The lowest BCUT2D eigenvalue weighted by atomic mass is 10.1. The van der Waals surface area contributed by atoms with Crippen molar-refractivity contribution >= 4 is 0 Å². The molecule has 0 saturated heterocycles. The van der Waals surface area contributed by atoms with E-state index in [9.17, 15) is 22.7 Å². The Balaban J connectivity index is 1.94. The van der Waals surface area contributed by atoms with Gasteiger partial charge >= 0.3 is 6.18 Å².